The number of nitrogens with zero attached hydrogens (tertiary/aromatic N) is 2. The van der Waals surface area contributed by atoms with Crippen molar-refractivity contribution in [1.29, 1.82) is 0 Å². The Balaban J connectivity index is 1.62. The van der Waals surface area contributed by atoms with Gasteiger partial charge < -0.3 is 4.74 Å². The third-order valence-electron chi connectivity index (χ3n) is 4.25. The van der Waals surface area contributed by atoms with Gasteiger partial charge in [-0.2, -0.15) is 5.10 Å². The van der Waals surface area contributed by atoms with Gasteiger partial charge in [-0.15, -0.1) is 0 Å². The molecule has 0 spiro atoms. The van der Waals surface area contributed by atoms with Crippen LogP contribution >= 0.6 is 0 Å². The first-order chi connectivity index (χ1) is 12.8. The van der Waals surface area contributed by atoms with Gasteiger partial charge >= 0.3 is 0 Å². The molecule has 1 atom stereocenters. The van der Waals surface area contributed by atoms with Gasteiger partial charge in [0.1, 0.15) is 11.9 Å². The Labute approximate surface area is 151 Å². The van der Waals surface area contributed by atoms with E-state index in [1.54, 1.807) is 24.5 Å². The van der Waals surface area contributed by atoms with Crippen LogP contribution in [0.5, 0.6) is 5.75 Å². The Bertz CT molecular complexity index is 940. The second kappa shape index (κ2) is 7.19. The van der Waals surface area contributed by atoms with Crippen molar-refractivity contribution >= 4 is 11.6 Å². The molecule has 0 saturated heterocycles. The van der Waals surface area contributed by atoms with Crippen LogP contribution in [0.4, 0.5) is 0 Å². The lowest BCUT2D eigenvalue weighted by Gasteiger charge is -2.27. The first-order valence-corrected chi connectivity index (χ1v) is 8.39. The Hall–Kier alpha value is -3.47. The zero-order valence-electron chi connectivity index (χ0n) is 14.0. The molecule has 2 heterocycles. The number of pyridine rings is 1. The molecule has 0 saturated carbocycles. The Morgan fingerprint density at radius 2 is 1.73 bits per heavy atom. The van der Waals surface area contributed by atoms with E-state index >= 15 is 0 Å². The lowest BCUT2D eigenvalue weighted by Crippen LogP contribution is -2.25. The summed E-state index contributed by atoms with van der Waals surface area (Å²) in [6.45, 7) is 0. The molecule has 0 fully saturated rings. The summed E-state index contributed by atoms with van der Waals surface area (Å²) in [6.07, 6.45) is 3.61. The predicted molar refractivity (Wildman–Crippen MR) is 99.1 cm³/mol. The van der Waals surface area contributed by atoms with E-state index in [0.29, 0.717) is 12.0 Å². The van der Waals surface area contributed by atoms with E-state index in [0.717, 1.165) is 22.6 Å². The Morgan fingerprint density at radius 1 is 1.00 bits per heavy atom. The number of benzene rings is 2. The number of hydrogen-bond acceptors (Lipinski definition) is 4. The number of para-hydroxylation sites is 1. The van der Waals surface area contributed by atoms with Crippen LogP contribution in [0.15, 0.2) is 84.2 Å². The summed E-state index contributed by atoms with van der Waals surface area (Å²) in [5.41, 5.74) is 5.94. The van der Waals surface area contributed by atoms with E-state index in [1.165, 1.54) is 0 Å². The quantitative estimate of drug-likeness (QED) is 0.737. The fraction of sp³-hybridized carbons (Fsp3) is 0.0952. The number of ether oxygens (including phenoxy) is 1. The summed E-state index contributed by atoms with van der Waals surface area (Å²) < 4.78 is 6.14. The number of hydrogen-bond donors (Lipinski definition) is 1. The first kappa shape index (κ1) is 16.0. The van der Waals surface area contributed by atoms with Gasteiger partial charge in [-0.25, -0.2) is 5.43 Å². The lowest BCUT2D eigenvalue weighted by molar-refractivity contribution is 0.0954. The van der Waals surface area contributed by atoms with Gasteiger partial charge in [-0.3, -0.25) is 9.78 Å². The third kappa shape index (κ3) is 3.32. The fourth-order valence-corrected chi connectivity index (χ4v) is 2.93. The first-order valence-electron chi connectivity index (χ1n) is 8.39. The van der Waals surface area contributed by atoms with Gasteiger partial charge in [0.15, 0.2) is 0 Å². The van der Waals surface area contributed by atoms with E-state index in [-0.39, 0.29) is 12.0 Å². The highest BCUT2D eigenvalue weighted by Crippen LogP contribution is 2.34. The lowest BCUT2D eigenvalue weighted by atomic mass is 9.96. The van der Waals surface area contributed by atoms with Gasteiger partial charge in [0.2, 0.25) is 0 Å². The smallest absolute Gasteiger partial charge is 0.271 e. The van der Waals surface area contributed by atoms with Gasteiger partial charge in [0.05, 0.1) is 5.71 Å². The van der Waals surface area contributed by atoms with Crippen LogP contribution in [0.3, 0.4) is 0 Å². The molecular formula is C21H17N3O2. The Kier molecular flexibility index (Phi) is 4.43. The van der Waals surface area contributed by atoms with Crippen LogP contribution in [0.2, 0.25) is 0 Å². The second-order valence-electron chi connectivity index (χ2n) is 5.95. The van der Waals surface area contributed by atoms with Gasteiger partial charge in [-0.05, 0) is 29.8 Å². The molecule has 128 valence electrons. The van der Waals surface area contributed by atoms with Gasteiger partial charge in [-0.1, -0.05) is 42.5 Å². The van der Waals surface area contributed by atoms with Crippen LogP contribution in [-0.4, -0.2) is 16.6 Å². The molecule has 0 aliphatic carbocycles. The Morgan fingerprint density at radius 3 is 2.54 bits per heavy atom. The number of nitrogens with one attached hydrogen (secondary N) is 1. The third-order valence-corrected chi connectivity index (χ3v) is 4.25. The molecule has 0 radical (unpaired) electrons. The summed E-state index contributed by atoms with van der Waals surface area (Å²) in [7, 11) is 0. The minimum atomic E-state index is -0.264. The maximum atomic E-state index is 12.3. The number of hydrazone groups is 1. The maximum Gasteiger partial charge on any atom is 0.271 e. The molecule has 5 heteroatoms. The summed E-state index contributed by atoms with van der Waals surface area (Å²) in [4.78, 5) is 16.2. The minimum Gasteiger partial charge on any atom is -0.485 e. The van der Waals surface area contributed by atoms with Crippen LogP contribution in [0, 0.1) is 0 Å². The van der Waals surface area contributed by atoms with Crippen LogP contribution in [0.1, 0.15) is 34.0 Å². The molecule has 1 aromatic heterocycles. The van der Waals surface area contributed by atoms with Crippen molar-refractivity contribution in [3.05, 3.63) is 95.8 Å². The molecule has 1 aliphatic heterocycles. The average Bonchev–Trinajstić information content (AvgIpc) is 2.73. The van der Waals surface area contributed by atoms with E-state index in [9.17, 15) is 4.79 Å². The van der Waals surface area contributed by atoms with Crippen molar-refractivity contribution in [3.63, 3.8) is 0 Å². The standard InChI is InChI=1S/C21H17N3O2/c25-21(16-10-12-22-13-11-16)24-23-18-14-20(15-6-2-1-3-7-15)26-19-9-5-4-8-17(18)19/h1-13,20H,14H2,(H,24,25)/b23-18-/t20-/m0/s1. The van der Waals surface area contributed by atoms with Crippen molar-refractivity contribution in [2.24, 2.45) is 5.10 Å². The van der Waals surface area contributed by atoms with E-state index < -0.39 is 0 Å². The van der Waals surface area contributed by atoms with Crippen molar-refractivity contribution in [2.45, 2.75) is 12.5 Å². The monoisotopic (exact) mass is 343 g/mol. The molecule has 5 nitrogen and oxygen atoms in total. The summed E-state index contributed by atoms with van der Waals surface area (Å²) >= 11 is 0. The normalized spacial score (nSPS) is 17.2. The molecule has 1 amide bonds. The van der Waals surface area contributed by atoms with Gasteiger partial charge in [0.25, 0.3) is 5.91 Å². The maximum absolute atomic E-state index is 12.3. The van der Waals surface area contributed by atoms with Crippen LogP contribution < -0.4 is 10.2 Å². The predicted octanol–water partition coefficient (Wildman–Crippen LogP) is 3.74. The molecule has 26 heavy (non-hydrogen) atoms. The number of fused-ring (bicyclic) bond motifs is 1. The number of carbonyl (C=O) groups excluding carboxylic acids is 1. The summed E-state index contributed by atoms with van der Waals surface area (Å²) in [5, 5.41) is 4.39. The highest BCUT2D eigenvalue weighted by Gasteiger charge is 2.26. The second-order valence-corrected chi connectivity index (χ2v) is 5.95. The summed E-state index contributed by atoms with van der Waals surface area (Å²) in [5.74, 6) is 0.504. The molecule has 0 unspecified atom stereocenters. The molecule has 0 bridgehead atoms. The van der Waals surface area contributed by atoms with Crippen molar-refractivity contribution in [1.82, 2.24) is 10.4 Å². The highest BCUT2D eigenvalue weighted by atomic mass is 16.5. The number of amides is 1. The molecular weight excluding hydrogens is 326 g/mol. The topological polar surface area (TPSA) is 63.6 Å². The van der Waals surface area contributed by atoms with Crippen molar-refractivity contribution in [2.75, 3.05) is 0 Å². The molecule has 4 rings (SSSR count). The van der Waals surface area contributed by atoms with E-state index in [4.69, 9.17) is 4.74 Å². The number of rotatable bonds is 3. The van der Waals surface area contributed by atoms with Crippen LogP contribution in [0.25, 0.3) is 0 Å². The van der Waals surface area contributed by atoms with Crippen LogP contribution in [-0.2, 0) is 0 Å². The SMILES string of the molecule is O=C(N/N=C1/C[C@@H](c2ccccc2)Oc2ccccc21)c1ccncc1. The van der Waals surface area contributed by atoms with E-state index in [2.05, 4.69) is 15.5 Å². The number of aromatic nitrogens is 1. The van der Waals surface area contributed by atoms with Crippen molar-refractivity contribution < 1.29 is 9.53 Å². The van der Waals surface area contributed by atoms with Gasteiger partial charge in [0, 0.05) is 29.9 Å². The molecule has 1 aliphatic rings. The highest BCUT2D eigenvalue weighted by molar-refractivity contribution is 6.05. The number of carbonyl (C=O) groups is 1. The molecule has 1 N–H and O–H groups in total. The fourth-order valence-electron chi connectivity index (χ4n) is 2.93. The summed E-state index contributed by atoms with van der Waals surface area (Å²) in [6, 6.07) is 21.1. The zero-order chi connectivity index (χ0) is 17.8. The molecule has 3 aromatic rings. The van der Waals surface area contributed by atoms with Crippen molar-refractivity contribution in [3.8, 4) is 5.75 Å². The average molecular weight is 343 g/mol. The zero-order valence-corrected chi connectivity index (χ0v) is 14.0. The largest absolute Gasteiger partial charge is 0.485 e. The molecule has 2 aromatic carbocycles. The minimum absolute atomic E-state index is 0.136. The van der Waals surface area contributed by atoms with E-state index in [1.807, 2.05) is 54.6 Å².